The SMILES string of the molecule is NCCCCN=NN. The molecule has 0 fully saturated rings. The van der Waals surface area contributed by atoms with Gasteiger partial charge in [-0.25, -0.2) is 0 Å². The summed E-state index contributed by atoms with van der Waals surface area (Å²) in [5, 5.41) is 6.65. The molecule has 0 aromatic heterocycles. The predicted molar refractivity (Wildman–Crippen MR) is 32.2 cm³/mol. The third-order valence-electron chi connectivity index (χ3n) is 0.794. The van der Waals surface area contributed by atoms with Gasteiger partial charge in [0.2, 0.25) is 0 Å². The van der Waals surface area contributed by atoms with Crippen LogP contribution in [0.3, 0.4) is 0 Å². The zero-order chi connectivity index (χ0) is 6.24. The molecule has 0 heterocycles. The molecule has 0 bridgehead atoms. The van der Waals surface area contributed by atoms with Crippen LogP contribution in [0.25, 0.3) is 0 Å². The Hall–Kier alpha value is -0.640. The first-order valence-corrected chi connectivity index (χ1v) is 2.68. The zero-order valence-electron chi connectivity index (χ0n) is 4.88. The molecule has 0 aliphatic heterocycles. The predicted octanol–water partition coefficient (Wildman–Crippen LogP) is 0.0512. The van der Waals surface area contributed by atoms with Gasteiger partial charge in [-0.1, -0.05) is 5.22 Å². The van der Waals surface area contributed by atoms with Crippen LogP contribution in [0.4, 0.5) is 0 Å². The summed E-state index contributed by atoms with van der Waals surface area (Å²) in [5.74, 6) is 4.74. The number of rotatable bonds is 4. The summed E-state index contributed by atoms with van der Waals surface area (Å²) in [6.45, 7) is 1.42. The van der Waals surface area contributed by atoms with Gasteiger partial charge in [-0.3, -0.25) is 0 Å². The second-order valence-electron chi connectivity index (χ2n) is 1.48. The van der Waals surface area contributed by atoms with Gasteiger partial charge in [0.1, 0.15) is 0 Å². The molecular formula is C4H12N4. The first kappa shape index (κ1) is 7.36. The lowest BCUT2D eigenvalue weighted by Gasteiger charge is -1.88. The van der Waals surface area contributed by atoms with E-state index in [0.717, 1.165) is 19.4 Å². The van der Waals surface area contributed by atoms with E-state index in [4.69, 9.17) is 11.6 Å². The van der Waals surface area contributed by atoms with Crippen molar-refractivity contribution >= 4 is 0 Å². The van der Waals surface area contributed by atoms with Crippen molar-refractivity contribution < 1.29 is 0 Å². The molecule has 0 atom stereocenters. The van der Waals surface area contributed by atoms with Crippen molar-refractivity contribution in [3.63, 3.8) is 0 Å². The van der Waals surface area contributed by atoms with Crippen LogP contribution in [0, 0.1) is 0 Å². The van der Waals surface area contributed by atoms with E-state index in [1.165, 1.54) is 0 Å². The van der Waals surface area contributed by atoms with Crippen molar-refractivity contribution in [2.75, 3.05) is 13.1 Å². The molecule has 0 saturated carbocycles. The van der Waals surface area contributed by atoms with E-state index in [1.54, 1.807) is 0 Å². The van der Waals surface area contributed by atoms with Crippen LogP contribution in [0.2, 0.25) is 0 Å². The standard InChI is InChI=1S/C4H12N4/c5-3-1-2-4-7-8-6/h1-5H2,(H2,6,7). The molecule has 4 N–H and O–H groups in total. The monoisotopic (exact) mass is 116 g/mol. The molecular weight excluding hydrogens is 104 g/mol. The third-order valence-corrected chi connectivity index (χ3v) is 0.794. The van der Waals surface area contributed by atoms with Crippen LogP contribution in [-0.4, -0.2) is 13.1 Å². The van der Waals surface area contributed by atoms with Gasteiger partial charge in [-0.2, -0.15) is 5.11 Å². The summed E-state index contributed by atoms with van der Waals surface area (Å²) in [5.41, 5.74) is 5.21. The van der Waals surface area contributed by atoms with E-state index in [0.29, 0.717) is 6.54 Å². The summed E-state index contributed by atoms with van der Waals surface area (Å²) in [7, 11) is 0. The second kappa shape index (κ2) is 6.36. The molecule has 0 aromatic rings. The minimum atomic E-state index is 0.702. The fourth-order valence-corrected chi connectivity index (χ4v) is 0.385. The Morgan fingerprint density at radius 2 is 2.00 bits per heavy atom. The smallest absolute Gasteiger partial charge is 0.0620 e. The molecule has 0 aromatic carbocycles. The van der Waals surface area contributed by atoms with Crippen LogP contribution >= 0.6 is 0 Å². The Labute approximate surface area is 48.9 Å². The van der Waals surface area contributed by atoms with E-state index in [9.17, 15) is 0 Å². The average molecular weight is 116 g/mol. The van der Waals surface area contributed by atoms with Gasteiger partial charge in [0.25, 0.3) is 0 Å². The molecule has 4 nitrogen and oxygen atoms in total. The van der Waals surface area contributed by atoms with Gasteiger partial charge in [0.05, 0.1) is 6.54 Å². The number of nitrogens with zero attached hydrogens (tertiary/aromatic N) is 2. The molecule has 0 aliphatic carbocycles. The molecule has 48 valence electrons. The molecule has 0 spiro atoms. The van der Waals surface area contributed by atoms with E-state index in [-0.39, 0.29) is 0 Å². The molecule has 0 unspecified atom stereocenters. The minimum absolute atomic E-state index is 0.702. The Kier molecular flexibility index (Phi) is 5.85. The van der Waals surface area contributed by atoms with Gasteiger partial charge in [0.15, 0.2) is 0 Å². The van der Waals surface area contributed by atoms with Gasteiger partial charge in [-0.15, -0.1) is 0 Å². The van der Waals surface area contributed by atoms with Crippen molar-refractivity contribution in [2.24, 2.45) is 21.9 Å². The minimum Gasteiger partial charge on any atom is -0.330 e. The van der Waals surface area contributed by atoms with Crippen molar-refractivity contribution in [2.45, 2.75) is 12.8 Å². The third kappa shape index (κ3) is 5.36. The first-order valence-electron chi connectivity index (χ1n) is 2.68. The Balaban J connectivity index is 2.72. The Morgan fingerprint density at radius 3 is 2.50 bits per heavy atom. The summed E-state index contributed by atoms with van der Waals surface area (Å²) in [4.78, 5) is 0. The van der Waals surface area contributed by atoms with Crippen LogP contribution < -0.4 is 11.6 Å². The number of nitrogens with two attached hydrogens (primary N) is 2. The zero-order valence-corrected chi connectivity index (χ0v) is 4.88. The lowest BCUT2D eigenvalue weighted by atomic mass is 10.3. The van der Waals surface area contributed by atoms with Gasteiger partial charge >= 0.3 is 0 Å². The lowest BCUT2D eigenvalue weighted by Crippen LogP contribution is -1.98. The average Bonchev–Trinajstić information content (AvgIpc) is 1.81. The highest BCUT2D eigenvalue weighted by Gasteiger charge is 1.80. The van der Waals surface area contributed by atoms with Gasteiger partial charge < -0.3 is 11.6 Å². The maximum atomic E-state index is 5.21. The molecule has 0 amide bonds. The lowest BCUT2D eigenvalue weighted by molar-refractivity contribution is 0.727. The summed E-state index contributed by atoms with van der Waals surface area (Å²) < 4.78 is 0. The molecule has 4 heteroatoms. The first-order chi connectivity index (χ1) is 3.91. The molecule has 0 radical (unpaired) electrons. The van der Waals surface area contributed by atoms with Crippen LogP contribution in [0.1, 0.15) is 12.8 Å². The Bertz CT molecular complexity index is 61.1. The molecule has 0 rings (SSSR count). The second-order valence-corrected chi connectivity index (χ2v) is 1.48. The normalized spacial score (nSPS) is 10.6. The highest BCUT2D eigenvalue weighted by molar-refractivity contribution is 4.41. The van der Waals surface area contributed by atoms with Crippen molar-refractivity contribution in [3.05, 3.63) is 0 Å². The number of hydrogen-bond acceptors (Lipinski definition) is 3. The van der Waals surface area contributed by atoms with Crippen LogP contribution in [-0.2, 0) is 0 Å². The van der Waals surface area contributed by atoms with E-state index >= 15 is 0 Å². The fourth-order valence-electron chi connectivity index (χ4n) is 0.385. The van der Waals surface area contributed by atoms with Crippen molar-refractivity contribution in [3.8, 4) is 0 Å². The summed E-state index contributed by atoms with van der Waals surface area (Å²) in [6, 6.07) is 0. The molecule has 8 heavy (non-hydrogen) atoms. The van der Waals surface area contributed by atoms with Crippen molar-refractivity contribution in [1.82, 2.24) is 0 Å². The molecule has 0 aliphatic rings. The largest absolute Gasteiger partial charge is 0.330 e. The summed E-state index contributed by atoms with van der Waals surface area (Å²) in [6.07, 6.45) is 1.98. The number of unbranched alkanes of at least 4 members (excludes halogenated alkanes) is 1. The Morgan fingerprint density at radius 1 is 1.25 bits per heavy atom. The number of hydrogen-bond donors (Lipinski definition) is 2. The van der Waals surface area contributed by atoms with E-state index < -0.39 is 0 Å². The summed E-state index contributed by atoms with van der Waals surface area (Å²) >= 11 is 0. The van der Waals surface area contributed by atoms with Crippen LogP contribution in [0.5, 0.6) is 0 Å². The van der Waals surface area contributed by atoms with E-state index in [2.05, 4.69) is 10.3 Å². The topological polar surface area (TPSA) is 76.8 Å². The quantitative estimate of drug-likeness (QED) is 0.235. The highest BCUT2D eigenvalue weighted by Crippen LogP contribution is 1.84. The molecule has 0 saturated heterocycles. The maximum absolute atomic E-state index is 5.21. The van der Waals surface area contributed by atoms with Crippen LogP contribution in [0.15, 0.2) is 10.3 Å². The highest BCUT2D eigenvalue weighted by atomic mass is 15.3. The van der Waals surface area contributed by atoms with Crippen molar-refractivity contribution in [1.29, 1.82) is 0 Å². The fraction of sp³-hybridized carbons (Fsp3) is 1.00. The van der Waals surface area contributed by atoms with Gasteiger partial charge in [0, 0.05) is 0 Å². The maximum Gasteiger partial charge on any atom is 0.0620 e. The van der Waals surface area contributed by atoms with E-state index in [1.807, 2.05) is 0 Å². The van der Waals surface area contributed by atoms with Gasteiger partial charge in [-0.05, 0) is 19.4 Å².